The summed E-state index contributed by atoms with van der Waals surface area (Å²) in [5.41, 5.74) is -0.370. The molecule has 1 saturated carbocycles. The van der Waals surface area contributed by atoms with Gasteiger partial charge in [0.25, 0.3) is 5.91 Å². The van der Waals surface area contributed by atoms with Crippen LogP contribution in [0.4, 0.5) is 10.6 Å². The van der Waals surface area contributed by atoms with Gasteiger partial charge in [-0.1, -0.05) is 86.3 Å². The number of likely N-dealkylation sites (N-methyl/N-ethyl adjacent to an activating group) is 1. The molecule has 4 N–H and O–H groups in total. The van der Waals surface area contributed by atoms with Crippen molar-refractivity contribution in [1.29, 1.82) is 0 Å². The van der Waals surface area contributed by atoms with Crippen LogP contribution in [-0.4, -0.2) is 102 Å². The van der Waals surface area contributed by atoms with Gasteiger partial charge in [-0.25, -0.2) is 14.1 Å². The van der Waals surface area contributed by atoms with Gasteiger partial charge in [0.05, 0.1) is 12.1 Å². The zero-order chi connectivity index (χ0) is 43.0. The fraction of sp³-hybridized carbons (Fsp3) is 0.667. The van der Waals surface area contributed by atoms with E-state index < -0.39 is 41.8 Å². The van der Waals surface area contributed by atoms with E-state index in [9.17, 15) is 24.0 Å². The van der Waals surface area contributed by atoms with Crippen molar-refractivity contribution in [2.24, 2.45) is 11.3 Å². The Morgan fingerprint density at radius 2 is 1.71 bits per heavy atom. The van der Waals surface area contributed by atoms with Gasteiger partial charge in [-0.3, -0.25) is 23.5 Å². The minimum Gasteiger partial charge on any atom is -0.346 e. The first-order valence-electron chi connectivity index (χ1n) is 20.4. The summed E-state index contributed by atoms with van der Waals surface area (Å²) in [6, 6.07) is 1.88. The van der Waals surface area contributed by atoms with Gasteiger partial charge in [0.15, 0.2) is 0 Å². The maximum Gasteiger partial charge on any atom is 0.315 e. The van der Waals surface area contributed by atoms with Crippen LogP contribution in [0.25, 0.3) is 0 Å². The molecule has 0 radical (unpaired) electrons. The average molecular weight is 849 g/mol. The number of carbonyl (C=O) groups excluding carboxylic acids is 5. The van der Waals surface area contributed by atoms with Crippen molar-refractivity contribution >= 4 is 61.1 Å². The smallest absolute Gasteiger partial charge is 0.315 e. The second-order valence-electron chi connectivity index (χ2n) is 15.1. The fourth-order valence-electron chi connectivity index (χ4n) is 6.35. The first kappa shape index (κ1) is 54.2. The Labute approximate surface area is 359 Å². The number of aromatic nitrogens is 1. The summed E-state index contributed by atoms with van der Waals surface area (Å²) < 4.78 is 7.67. The number of anilines is 1. The number of hydroxylamine groups is 2. The number of amides is 5. The van der Waals surface area contributed by atoms with Crippen LogP contribution in [0.15, 0.2) is 37.1 Å². The number of terminal acetylenes is 1. The molecule has 2 heterocycles. The first-order valence-corrected chi connectivity index (χ1v) is 21.1. The number of rotatable bonds is 18. The monoisotopic (exact) mass is 849 g/mol. The number of pyridine rings is 1. The van der Waals surface area contributed by atoms with E-state index in [1.54, 1.807) is 22.6 Å². The van der Waals surface area contributed by atoms with Crippen LogP contribution in [0.2, 0.25) is 0 Å². The molecule has 16 heteroatoms. The van der Waals surface area contributed by atoms with Crippen molar-refractivity contribution in [3.63, 3.8) is 0 Å². The number of nitrogens with one attached hydrogen (secondary N) is 4. The molecule has 14 nitrogen and oxygen atoms in total. The molecule has 3 rings (SSSR count). The molecule has 328 valence electrons. The molecule has 4 atom stereocenters. The summed E-state index contributed by atoms with van der Waals surface area (Å²) in [5, 5.41) is 12.9. The lowest BCUT2D eigenvalue weighted by Crippen LogP contribution is -2.60. The molecule has 2 fully saturated rings. The normalized spacial score (nSPS) is 16.6. The highest BCUT2D eigenvalue weighted by Crippen LogP contribution is 2.30. The molecule has 2 aliphatic rings. The molecule has 1 aromatic heterocycles. The molecule has 1 aliphatic carbocycles. The summed E-state index contributed by atoms with van der Waals surface area (Å²) in [7, 11) is 3.62. The third-order valence-electron chi connectivity index (χ3n) is 9.39. The van der Waals surface area contributed by atoms with Gasteiger partial charge in [-0.15, -0.1) is 18.9 Å². The molecule has 1 saturated heterocycles. The molecule has 5 amide bonds. The SMILES string of the molecule is C#CCCC(NC(=O)C1CCCN1C(=O)C(NC(=O)NC(CN(C)OSN(C)c1ccccn1)C(C)(C)C)C1CCCCC1)C(=O)C(=O)NCC=C.CC.CCC.S. The molecule has 4 unspecified atom stereocenters. The summed E-state index contributed by atoms with van der Waals surface area (Å²) in [6.07, 6.45) is 15.5. The minimum absolute atomic E-state index is 0. The lowest BCUT2D eigenvalue weighted by Gasteiger charge is -2.37. The van der Waals surface area contributed by atoms with E-state index >= 15 is 0 Å². The Balaban J connectivity index is 0.00000516. The zero-order valence-corrected chi connectivity index (χ0v) is 38.2. The third kappa shape index (κ3) is 18.9. The summed E-state index contributed by atoms with van der Waals surface area (Å²) >= 11 is 1.11. The molecule has 58 heavy (non-hydrogen) atoms. The number of nitrogens with zero attached hydrogens (tertiary/aromatic N) is 4. The standard InChI is InChI=1S/C37H56N8O6S.C3H8.C2H6.H2S/c1-8-10-19-27(32(46)34(48)39-22-9-2)40-33(47)28-20-16-24-45(28)35(49)31(26-17-12-11-13-18-26)42-36(50)41-29(37(3,4)5)25-43(6)51-52-44(7)30-21-14-15-23-38-30;1-3-2;1-2;/h1,9,14-15,21,23,26-29,31H,2,10-13,16-20,22,24-25H2,3-7H3,(H,39,48)(H,40,47)(H2,41,42,50);3H2,1-2H3;1-2H3;1H2. The van der Waals surface area contributed by atoms with E-state index in [0.717, 1.165) is 50.2 Å². The Morgan fingerprint density at radius 3 is 2.28 bits per heavy atom. The lowest BCUT2D eigenvalue weighted by atomic mass is 9.83. The quantitative estimate of drug-likeness (QED) is 0.0348. The number of hydrogen-bond donors (Lipinski definition) is 4. The van der Waals surface area contributed by atoms with Crippen molar-refractivity contribution in [3.8, 4) is 12.3 Å². The molecule has 1 aromatic rings. The van der Waals surface area contributed by atoms with Gasteiger partial charge < -0.3 is 26.2 Å². The summed E-state index contributed by atoms with van der Waals surface area (Å²) in [4.78, 5) is 72.9. The topological polar surface area (TPSA) is 165 Å². The Kier molecular flexibility index (Phi) is 27.5. The highest BCUT2D eigenvalue weighted by molar-refractivity contribution is 7.96. The fourth-order valence-corrected chi connectivity index (χ4v) is 6.81. The maximum absolute atomic E-state index is 14.3. The van der Waals surface area contributed by atoms with Crippen molar-refractivity contribution in [3.05, 3.63) is 37.1 Å². The van der Waals surface area contributed by atoms with Crippen molar-refractivity contribution in [2.45, 2.75) is 137 Å². The average Bonchev–Trinajstić information content (AvgIpc) is 3.71. The minimum atomic E-state index is -1.14. The van der Waals surface area contributed by atoms with Gasteiger partial charge in [0.2, 0.25) is 17.6 Å². The number of hydrogen-bond acceptors (Lipinski definition) is 10. The van der Waals surface area contributed by atoms with Crippen molar-refractivity contribution in [1.82, 2.24) is 36.2 Å². The summed E-state index contributed by atoms with van der Waals surface area (Å²) in [6.45, 7) is 18.6. The van der Waals surface area contributed by atoms with Crippen molar-refractivity contribution in [2.75, 3.05) is 38.0 Å². The van der Waals surface area contributed by atoms with Gasteiger partial charge in [0, 0.05) is 46.3 Å². The molecule has 0 bridgehead atoms. The molecular weight excluding hydrogens is 777 g/mol. The molecule has 0 aromatic carbocycles. The predicted molar refractivity (Wildman–Crippen MR) is 240 cm³/mol. The highest BCUT2D eigenvalue weighted by atomic mass is 32.2. The van der Waals surface area contributed by atoms with Crippen LogP contribution >= 0.6 is 25.7 Å². The van der Waals surface area contributed by atoms with Crippen molar-refractivity contribution < 1.29 is 28.3 Å². The van der Waals surface area contributed by atoms with E-state index in [0.29, 0.717) is 25.9 Å². The van der Waals surface area contributed by atoms with E-state index in [1.807, 2.05) is 59.9 Å². The first-order chi connectivity index (χ1) is 27.2. The van der Waals surface area contributed by atoms with Crippen LogP contribution in [0, 0.1) is 23.7 Å². The number of likely N-dealkylation sites (tertiary alicyclic amines) is 1. The second-order valence-corrected chi connectivity index (χ2v) is 16.0. The van der Waals surface area contributed by atoms with E-state index in [1.165, 1.54) is 17.4 Å². The number of Topliss-reactive ketones (excluding diaryl/α,β-unsaturated/α-hetero) is 1. The number of urea groups is 1. The summed E-state index contributed by atoms with van der Waals surface area (Å²) in [5.74, 6) is 0.531. The van der Waals surface area contributed by atoms with Crippen LogP contribution < -0.4 is 25.6 Å². The molecular formula is C42H72N8O6S2. The van der Waals surface area contributed by atoms with Crippen LogP contribution in [-0.2, 0) is 23.5 Å². The maximum atomic E-state index is 14.3. The van der Waals surface area contributed by atoms with E-state index in [2.05, 4.69) is 52.6 Å². The highest BCUT2D eigenvalue weighted by Gasteiger charge is 2.42. The number of ketones is 1. The zero-order valence-electron chi connectivity index (χ0n) is 36.4. The van der Waals surface area contributed by atoms with Gasteiger partial charge in [-0.05, 0) is 55.6 Å². The lowest BCUT2D eigenvalue weighted by molar-refractivity contribution is -0.143. The second kappa shape index (κ2) is 29.4. The van der Waals surface area contributed by atoms with Gasteiger partial charge in [0.1, 0.15) is 30.1 Å². The molecule has 0 spiro atoms. The third-order valence-corrected chi connectivity index (χ3v) is 10.1. The van der Waals surface area contributed by atoms with Gasteiger partial charge >= 0.3 is 6.03 Å². The predicted octanol–water partition coefficient (Wildman–Crippen LogP) is 5.92. The van der Waals surface area contributed by atoms with Gasteiger partial charge in [-0.2, -0.15) is 18.6 Å². The Morgan fingerprint density at radius 1 is 1.05 bits per heavy atom. The molecule has 1 aliphatic heterocycles. The largest absolute Gasteiger partial charge is 0.346 e. The van der Waals surface area contributed by atoms with Crippen LogP contribution in [0.1, 0.15) is 113 Å². The number of carbonyl (C=O) groups is 5. The van der Waals surface area contributed by atoms with E-state index in [-0.39, 0.29) is 56.2 Å². The van der Waals surface area contributed by atoms with Crippen LogP contribution in [0.5, 0.6) is 0 Å². The van der Waals surface area contributed by atoms with Crippen LogP contribution in [0.3, 0.4) is 0 Å². The Hall–Kier alpha value is -3.78. The van der Waals surface area contributed by atoms with E-state index in [4.69, 9.17) is 10.7 Å². The Bertz CT molecular complexity index is 1430.